The third-order valence-electron chi connectivity index (χ3n) is 4.54. The molecule has 1 aliphatic carbocycles. The second kappa shape index (κ2) is 7.88. The zero-order chi connectivity index (χ0) is 18.7. The van der Waals surface area contributed by atoms with Crippen molar-refractivity contribution in [1.82, 2.24) is 10.3 Å². The Balaban J connectivity index is 1.86. The van der Waals surface area contributed by atoms with Gasteiger partial charge in [0.25, 0.3) is 0 Å². The van der Waals surface area contributed by atoms with Gasteiger partial charge in [-0.05, 0) is 54.0 Å². The smallest absolute Gasteiger partial charge is 0.220 e. The average Bonchev–Trinajstić information content (AvgIpc) is 3.44. The number of pyridine rings is 1. The van der Waals surface area contributed by atoms with Gasteiger partial charge >= 0.3 is 0 Å². The first-order chi connectivity index (χ1) is 12.5. The van der Waals surface area contributed by atoms with Crippen molar-refractivity contribution in [2.24, 2.45) is 11.8 Å². The molecule has 0 radical (unpaired) electrons. The number of nitriles is 1. The molecule has 1 fully saturated rings. The van der Waals surface area contributed by atoms with Gasteiger partial charge in [-0.25, -0.2) is 0 Å². The van der Waals surface area contributed by atoms with Crippen LogP contribution in [0.1, 0.15) is 50.3 Å². The Labute approximate surface area is 159 Å². The maximum Gasteiger partial charge on any atom is 0.220 e. The van der Waals surface area contributed by atoms with E-state index in [1.807, 2.05) is 26.1 Å². The van der Waals surface area contributed by atoms with Gasteiger partial charge in [-0.1, -0.05) is 31.5 Å². The summed E-state index contributed by atoms with van der Waals surface area (Å²) in [6, 6.07) is 9.50. The normalized spacial score (nSPS) is 14.7. The van der Waals surface area contributed by atoms with Gasteiger partial charge in [-0.3, -0.25) is 9.78 Å². The second-order valence-corrected chi connectivity index (χ2v) is 7.70. The Morgan fingerprint density at radius 2 is 2.08 bits per heavy atom. The van der Waals surface area contributed by atoms with E-state index in [1.54, 1.807) is 18.3 Å². The zero-order valence-electron chi connectivity index (χ0n) is 15.0. The lowest BCUT2D eigenvalue weighted by atomic mass is 9.98. The predicted octanol–water partition coefficient (Wildman–Crippen LogP) is 4.89. The monoisotopic (exact) mass is 367 g/mol. The molecule has 1 aliphatic rings. The summed E-state index contributed by atoms with van der Waals surface area (Å²) in [6.07, 6.45) is 6.38. The van der Waals surface area contributed by atoms with Crippen molar-refractivity contribution >= 4 is 17.5 Å². The lowest BCUT2D eigenvalue weighted by molar-refractivity contribution is -0.122. The molecule has 1 aromatic heterocycles. The van der Waals surface area contributed by atoms with E-state index in [2.05, 4.69) is 22.4 Å². The van der Waals surface area contributed by atoms with Crippen LogP contribution in [0.3, 0.4) is 0 Å². The van der Waals surface area contributed by atoms with Crippen LogP contribution >= 0.6 is 11.6 Å². The fourth-order valence-corrected chi connectivity index (χ4v) is 3.30. The molecule has 0 bridgehead atoms. The number of rotatable bonds is 6. The molecular weight excluding hydrogens is 346 g/mol. The Morgan fingerprint density at radius 1 is 1.31 bits per heavy atom. The van der Waals surface area contributed by atoms with Crippen molar-refractivity contribution in [2.75, 3.05) is 0 Å². The van der Waals surface area contributed by atoms with Crippen LogP contribution in [-0.2, 0) is 4.79 Å². The SMILES string of the molecule is CC(C)CC(=O)NC(c1cncc(-c2ccc(C#N)c(Cl)c2)c1)C1CC1. The molecule has 134 valence electrons. The van der Waals surface area contributed by atoms with Gasteiger partial charge in [-0.2, -0.15) is 5.26 Å². The maximum absolute atomic E-state index is 12.3. The summed E-state index contributed by atoms with van der Waals surface area (Å²) in [4.78, 5) is 16.6. The van der Waals surface area contributed by atoms with Gasteiger partial charge in [0.2, 0.25) is 5.91 Å². The van der Waals surface area contributed by atoms with E-state index < -0.39 is 0 Å². The van der Waals surface area contributed by atoms with Crippen molar-refractivity contribution in [1.29, 1.82) is 5.26 Å². The van der Waals surface area contributed by atoms with Crippen LogP contribution in [0.5, 0.6) is 0 Å². The highest BCUT2D eigenvalue weighted by molar-refractivity contribution is 6.32. The topological polar surface area (TPSA) is 65.8 Å². The van der Waals surface area contributed by atoms with Gasteiger partial charge < -0.3 is 5.32 Å². The molecule has 0 aliphatic heterocycles. The standard InChI is InChI=1S/C21H22ClN3O/c1-13(2)7-20(26)25-21(14-3-4-14)18-8-17(11-24-12-18)15-5-6-16(10-23)19(22)9-15/h5-6,8-9,11-14,21H,3-4,7H2,1-2H3,(H,25,26). The van der Waals surface area contributed by atoms with Crippen LogP contribution < -0.4 is 5.32 Å². The third-order valence-corrected chi connectivity index (χ3v) is 4.86. The molecule has 1 N–H and O–H groups in total. The molecule has 0 saturated heterocycles. The van der Waals surface area contributed by atoms with Crippen LogP contribution in [0, 0.1) is 23.2 Å². The highest BCUT2D eigenvalue weighted by Crippen LogP contribution is 2.41. The minimum atomic E-state index is 0.00236. The molecule has 1 aromatic carbocycles. The average molecular weight is 368 g/mol. The van der Waals surface area contributed by atoms with E-state index in [-0.39, 0.29) is 11.9 Å². The number of carbonyl (C=O) groups excluding carboxylic acids is 1. The number of hydrogen-bond donors (Lipinski definition) is 1. The number of aromatic nitrogens is 1. The Morgan fingerprint density at radius 3 is 2.69 bits per heavy atom. The second-order valence-electron chi connectivity index (χ2n) is 7.29. The first-order valence-electron chi connectivity index (χ1n) is 8.92. The van der Waals surface area contributed by atoms with Gasteiger partial charge in [0.1, 0.15) is 6.07 Å². The summed E-state index contributed by atoms with van der Waals surface area (Å²) in [6.45, 7) is 4.09. The van der Waals surface area contributed by atoms with Crippen molar-refractivity contribution < 1.29 is 4.79 Å². The first-order valence-corrected chi connectivity index (χ1v) is 9.30. The van der Waals surface area contributed by atoms with Crippen LogP contribution in [0.25, 0.3) is 11.1 Å². The van der Waals surface area contributed by atoms with Gasteiger partial charge in [-0.15, -0.1) is 0 Å². The number of amides is 1. The molecule has 2 aromatic rings. The molecule has 1 unspecified atom stereocenters. The third kappa shape index (κ3) is 4.42. The zero-order valence-corrected chi connectivity index (χ0v) is 15.8. The fourth-order valence-electron chi connectivity index (χ4n) is 3.08. The number of nitrogens with zero attached hydrogens (tertiary/aromatic N) is 2. The molecule has 4 nitrogen and oxygen atoms in total. The molecule has 3 rings (SSSR count). The van der Waals surface area contributed by atoms with Gasteiger partial charge in [0.15, 0.2) is 0 Å². The summed E-state index contributed by atoms with van der Waals surface area (Å²) in [5.41, 5.74) is 3.31. The van der Waals surface area contributed by atoms with Crippen molar-refractivity contribution in [3.8, 4) is 17.2 Å². The van der Waals surface area contributed by atoms with Gasteiger partial charge in [0.05, 0.1) is 16.6 Å². The van der Waals surface area contributed by atoms with Crippen LogP contribution in [0.15, 0.2) is 36.7 Å². The van der Waals surface area contributed by atoms with E-state index in [4.69, 9.17) is 16.9 Å². The molecular formula is C21H22ClN3O. The van der Waals surface area contributed by atoms with Crippen LogP contribution in [0.4, 0.5) is 0 Å². The quantitative estimate of drug-likeness (QED) is 0.790. The highest BCUT2D eigenvalue weighted by atomic mass is 35.5. The van der Waals surface area contributed by atoms with E-state index >= 15 is 0 Å². The maximum atomic E-state index is 12.3. The number of hydrogen-bond acceptors (Lipinski definition) is 3. The number of carbonyl (C=O) groups is 1. The molecule has 1 heterocycles. The highest BCUT2D eigenvalue weighted by Gasteiger charge is 2.33. The lowest BCUT2D eigenvalue weighted by Crippen LogP contribution is -2.30. The molecule has 0 spiro atoms. The summed E-state index contributed by atoms with van der Waals surface area (Å²) >= 11 is 6.16. The Bertz CT molecular complexity index is 853. The van der Waals surface area contributed by atoms with Crippen LogP contribution in [-0.4, -0.2) is 10.9 Å². The molecule has 5 heteroatoms. The fraction of sp³-hybridized carbons (Fsp3) is 0.381. The molecule has 1 atom stereocenters. The van der Waals surface area contributed by atoms with Crippen LogP contribution in [0.2, 0.25) is 5.02 Å². The van der Waals surface area contributed by atoms with Gasteiger partial charge in [0, 0.05) is 24.4 Å². The van der Waals surface area contributed by atoms with E-state index in [0.29, 0.717) is 28.8 Å². The molecule has 1 amide bonds. The Kier molecular flexibility index (Phi) is 5.58. The van der Waals surface area contributed by atoms with Crippen molar-refractivity contribution in [3.05, 3.63) is 52.8 Å². The number of nitrogens with one attached hydrogen (secondary N) is 1. The largest absolute Gasteiger partial charge is 0.349 e. The van der Waals surface area contributed by atoms with Crippen molar-refractivity contribution in [3.63, 3.8) is 0 Å². The summed E-state index contributed by atoms with van der Waals surface area (Å²) in [5.74, 6) is 0.900. The summed E-state index contributed by atoms with van der Waals surface area (Å²) < 4.78 is 0. The molecule has 26 heavy (non-hydrogen) atoms. The Hall–Kier alpha value is -2.38. The van der Waals surface area contributed by atoms with E-state index in [0.717, 1.165) is 29.5 Å². The summed E-state index contributed by atoms with van der Waals surface area (Å²) in [7, 11) is 0. The van der Waals surface area contributed by atoms with E-state index in [9.17, 15) is 4.79 Å². The summed E-state index contributed by atoms with van der Waals surface area (Å²) in [5, 5.41) is 12.6. The number of benzene rings is 1. The predicted molar refractivity (Wildman–Crippen MR) is 102 cm³/mol. The number of halogens is 1. The van der Waals surface area contributed by atoms with E-state index in [1.165, 1.54) is 0 Å². The lowest BCUT2D eigenvalue weighted by Gasteiger charge is -2.20. The molecule has 1 saturated carbocycles. The first kappa shape index (κ1) is 18.4. The van der Waals surface area contributed by atoms with Crippen molar-refractivity contribution in [2.45, 2.75) is 39.2 Å². The minimum absolute atomic E-state index is 0.00236. The minimum Gasteiger partial charge on any atom is -0.349 e.